The summed E-state index contributed by atoms with van der Waals surface area (Å²) in [6.07, 6.45) is 18.9. The molecule has 0 aromatic rings. The van der Waals surface area contributed by atoms with Gasteiger partial charge in [-0.1, -0.05) is 76.9 Å². The van der Waals surface area contributed by atoms with Gasteiger partial charge in [0.1, 0.15) is 0 Å². The second-order valence-electron chi connectivity index (χ2n) is 6.55. The number of aliphatic hydroxyl groups excluding tert-OH is 2. The standard InChI is InChI=1S/C19H39NO2/c1-18(17-21)19(22)15-13-11-9-7-5-3-2-4-6-8-10-12-14-16-20/h13,15,18-19,21-22H,2-12,14,16-17,20H2,1H3/b15-13+/t18?,19-/m1/s1. The van der Waals surface area contributed by atoms with Crippen molar-refractivity contribution in [1.82, 2.24) is 0 Å². The van der Waals surface area contributed by atoms with E-state index in [1.165, 1.54) is 70.6 Å². The number of aliphatic hydroxyl groups is 2. The molecule has 22 heavy (non-hydrogen) atoms. The minimum Gasteiger partial charge on any atom is -0.396 e. The van der Waals surface area contributed by atoms with Crippen molar-refractivity contribution in [3.05, 3.63) is 12.2 Å². The summed E-state index contributed by atoms with van der Waals surface area (Å²) in [6.45, 7) is 2.74. The van der Waals surface area contributed by atoms with Crippen molar-refractivity contribution >= 4 is 0 Å². The van der Waals surface area contributed by atoms with Crippen molar-refractivity contribution in [2.24, 2.45) is 11.7 Å². The molecular formula is C19H39NO2. The molecule has 0 rings (SSSR count). The zero-order chi connectivity index (χ0) is 16.5. The molecule has 0 fully saturated rings. The van der Waals surface area contributed by atoms with E-state index in [9.17, 15) is 5.11 Å². The molecule has 0 aliphatic rings. The highest BCUT2D eigenvalue weighted by molar-refractivity contribution is 4.90. The van der Waals surface area contributed by atoms with Gasteiger partial charge >= 0.3 is 0 Å². The first-order valence-electron chi connectivity index (χ1n) is 9.38. The quantitative estimate of drug-likeness (QED) is 0.296. The molecule has 0 radical (unpaired) electrons. The molecule has 0 bridgehead atoms. The third kappa shape index (κ3) is 14.6. The largest absolute Gasteiger partial charge is 0.396 e. The van der Waals surface area contributed by atoms with E-state index in [0.29, 0.717) is 0 Å². The highest BCUT2D eigenvalue weighted by Crippen LogP contribution is 2.12. The molecule has 0 heterocycles. The van der Waals surface area contributed by atoms with Gasteiger partial charge in [-0.05, 0) is 25.8 Å². The third-order valence-corrected chi connectivity index (χ3v) is 4.28. The van der Waals surface area contributed by atoms with Gasteiger partial charge < -0.3 is 15.9 Å². The maximum absolute atomic E-state index is 9.66. The van der Waals surface area contributed by atoms with Gasteiger partial charge in [-0.25, -0.2) is 0 Å². The lowest BCUT2D eigenvalue weighted by Gasteiger charge is -2.11. The van der Waals surface area contributed by atoms with E-state index in [4.69, 9.17) is 10.8 Å². The Balaban J connectivity index is 3.19. The number of nitrogens with two attached hydrogens (primary N) is 1. The Morgan fingerprint density at radius 2 is 1.27 bits per heavy atom. The van der Waals surface area contributed by atoms with Gasteiger partial charge in [-0.2, -0.15) is 0 Å². The molecule has 3 nitrogen and oxygen atoms in total. The molecule has 0 saturated carbocycles. The Morgan fingerprint density at radius 1 is 0.818 bits per heavy atom. The molecule has 0 amide bonds. The minimum atomic E-state index is -0.505. The first-order chi connectivity index (χ1) is 10.7. The molecule has 1 unspecified atom stereocenters. The second-order valence-corrected chi connectivity index (χ2v) is 6.55. The van der Waals surface area contributed by atoms with Crippen LogP contribution in [0, 0.1) is 5.92 Å². The van der Waals surface area contributed by atoms with E-state index in [0.717, 1.165) is 13.0 Å². The van der Waals surface area contributed by atoms with Gasteiger partial charge in [0.25, 0.3) is 0 Å². The molecule has 2 atom stereocenters. The van der Waals surface area contributed by atoms with Crippen molar-refractivity contribution < 1.29 is 10.2 Å². The van der Waals surface area contributed by atoms with Gasteiger partial charge in [-0.3, -0.25) is 0 Å². The summed E-state index contributed by atoms with van der Waals surface area (Å²) < 4.78 is 0. The Labute approximate surface area is 138 Å². The average Bonchev–Trinajstić information content (AvgIpc) is 2.54. The molecule has 0 saturated heterocycles. The fourth-order valence-corrected chi connectivity index (χ4v) is 2.53. The number of allylic oxidation sites excluding steroid dienone is 1. The van der Waals surface area contributed by atoms with E-state index in [1.807, 2.05) is 13.0 Å². The van der Waals surface area contributed by atoms with Crippen LogP contribution in [0.5, 0.6) is 0 Å². The van der Waals surface area contributed by atoms with Crippen molar-refractivity contribution in [3.8, 4) is 0 Å². The maximum Gasteiger partial charge on any atom is 0.0768 e. The van der Waals surface area contributed by atoms with Crippen LogP contribution in [-0.4, -0.2) is 29.5 Å². The molecule has 0 aromatic carbocycles. The van der Waals surface area contributed by atoms with E-state index in [2.05, 4.69) is 6.08 Å². The van der Waals surface area contributed by atoms with Crippen LogP contribution < -0.4 is 5.73 Å². The van der Waals surface area contributed by atoms with Crippen LogP contribution in [0.25, 0.3) is 0 Å². The average molecular weight is 314 g/mol. The van der Waals surface area contributed by atoms with Crippen LogP contribution in [0.4, 0.5) is 0 Å². The Bertz CT molecular complexity index is 244. The lowest BCUT2D eigenvalue weighted by molar-refractivity contribution is 0.111. The summed E-state index contributed by atoms with van der Waals surface area (Å²) in [5, 5.41) is 18.6. The van der Waals surface area contributed by atoms with Gasteiger partial charge in [-0.15, -0.1) is 0 Å². The zero-order valence-electron chi connectivity index (χ0n) is 14.7. The minimum absolute atomic E-state index is 0.0402. The SMILES string of the molecule is CC(CO)[C@H](O)/C=C/CCCCCCCCCCCCCN. The summed E-state index contributed by atoms with van der Waals surface area (Å²) >= 11 is 0. The third-order valence-electron chi connectivity index (χ3n) is 4.28. The number of hydrogen-bond acceptors (Lipinski definition) is 3. The summed E-state index contributed by atoms with van der Waals surface area (Å²) in [6, 6.07) is 0. The Hall–Kier alpha value is -0.380. The molecule has 3 heteroatoms. The van der Waals surface area contributed by atoms with E-state index < -0.39 is 6.10 Å². The maximum atomic E-state index is 9.66. The van der Waals surface area contributed by atoms with Crippen LogP contribution in [-0.2, 0) is 0 Å². The predicted octanol–water partition coefficient (Wildman–Crippen LogP) is 4.17. The van der Waals surface area contributed by atoms with Crippen LogP contribution >= 0.6 is 0 Å². The van der Waals surface area contributed by atoms with E-state index >= 15 is 0 Å². The molecule has 132 valence electrons. The smallest absolute Gasteiger partial charge is 0.0768 e. The Kier molecular flexibility index (Phi) is 16.7. The zero-order valence-corrected chi connectivity index (χ0v) is 14.7. The summed E-state index contributed by atoms with van der Waals surface area (Å²) in [5.74, 6) is -0.0634. The van der Waals surface area contributed by atoms with Crippen LogP contribution in [0.2, 0.25) is 0 Å². The van der Waals surface area contributed by atoms with Crippen molar-refractivity contribution in [1.29, 1.82) is 0 Å². The predicted molar refractivity (Wildman–Crippen MR) is 95.9 cm³/mol. The summed E-state index contributed by atoms with van der Waals surface area (Å²) in [5.41, 5.74) is 5.48. The molecular weight excluding hydrogens is 274 g/mol. The van der Waals surface area contributed by atoms with E-state index in [-0.39, 0.29) is 12.5 Å². The van der Waals surface area contributed by atoms with Crippen LogP contribution in [0.15, 0.2) is 12.2 Å². The van der Waals surface area contributed by atoms with Gasteiger partial charge in [0, 0.05) is 12.5 Å². The molecule has 0 aromatic heterocycles. The summed E-state index contributed by atoms with van der Waals surface area (Å²) in [4.78, 5) is 0. The first-order valence-corrected chi connectivity index (χ1v) is 9.38. The number of unbranched alkanes of at least 4 members (excludes halogenated alkanes) is 11. The van der Waals surface area contributed by atoms with Crippen molar-refractivity contribution in [2.75, 3.05) is 13.2 Å². The molecule has 0 aliphatic carbocycles. The fourth-order valence-electron chi connectivity index (χ4n) is 2.53. The lowest BCUT2D eigenvalue weighted by atomic mass is 10.0. The monoisotopic (exact) mass is 313 g/mol. The van der Waals surface area contributed by atoms with Crippen LogP contribution in [0.1, 0.15) is 84.0 Å². The fraction of sp³-hybridized carbons (Fsp3) is 0.895. The molecule has 0 aliphatic heterocycles. The van der Waals surface area contributed by atoms with Crippen molar-refractivity contribution in [2.45, 2.75) is 90.1 Å². The molecule has 0 spiro atoms. The van der Waals surface area contributed by atoms with Gasteiger partial charge in [0.05, 0.1) is 6.10 Å². The second kappa shape index (κ2) is 17.0. The number of hydrogen-bond donors (Lipinski definition) is 3. The first kappa shape index (κ1) is 21.6. The van der Waals surface area contributed by atoms with Crippen molar-refractivity contribution in [3.63, 3.8) is 0 Å². The normalized spacial score (nSPS) is 14.5. The highest BCUT2D eigenvalue weighted by Gasteiger charge is 2.08. The van der Waals surface area contributed by atoms with Gasteiger partial charge in [0.15, 0.2) is 0 Å². The highest BCUT2D eigenvalue weighted by atomic mass is 16.3. The lowest BCUT2D eigenvalue weighted by Crippen LogP contribution is -2.17. The van der Waals surface area contributed by atoms with Gasteiger partial charge in [0.2, 0.25) is 0 Å². The summed E-state index contributed by atoms with van der Waals surface area (Å²) in [7, 11) is 0. The van der Waals surface area contributed by atoms with E-state index in [1.54, 1.807) is 0 Å². The molecule has 4 N–H and O–H groups in total. The number of rotatable bonds is 16. The van der Waals surface area contributed by atoms with Crippen LogP contribution in [0.3, 0.4) is 0 Å². The topological polar surface area (TPSA) is 66.5 Å². The Morgan fingerprint density at radius 3 is 1.73 bits per heavy atom.